The van der Waals surface area contributed by atoms with Crippen molar-refractivity contribution in [2.75, 3.05) is 0 Å². The average molecular weight is 205 g/mol. The topological polar surface area (TPSA) is 43.1 Å². The Balaban J connectivity index is 2.90. The summed E-state index contributed by atoms with van der Waals surface area (Å²) in [7, 11) is 0. The lowest BCUT2D eigenvalue weighted by molar-refractivity contribution is -0.422. The van der Waals surface area contributed by atoms with Gasteiger partial charge in [0.15, 0.2) is 0 Å². The zero-order valence-electron chi connectivity index (χ0n) is 9.23. The molecule has 0 spiro atoms. The highest BCUT2D eigenvalue weighted by Crippen LogP contribution is 2.16. The van der Waals surface area contributed by atoms with Gasteiger partial charge in [0.25, 0.3) is 0 Å². The molecule has 0 saturated carbocycles. The summed E-state index contributed by atoms with van der Waals surface area (Å²) in [5.74, 6) is 0.486. The Morgan fingerprint density at radius 3 is 2.27 bits per heavy atom. The maximum absolute atomic E-state index is 10.4. The molecule has 0 aliphatic carbocycles. The Morgan fingerprint density at radius 2 is 1.87 bits per heavy atom. The van der Waals surface area contributed by atoms with Crippen LogP contribution in [0.2, 0.25) is 0 Å². The summed E-state index contributed by atoms with van der Waals surface area (Å²) in [4.78, 5) is 10.0. The highest BCUT2D eigenvalue weighted by molar-refractivity contribution is 5.51. The smallest absolute Gasteiger partial charge is 0.243 e. The third-order valence-electron chi connectivity index (χ3n) is 2.27. The normalized spacial score (nSPS) is 11.9. The number of hydrogen-bond donors (Lipinski definition) is 0. The van der Waals surface area contributed by atoms with Crippen molar-refractivity contribution in [2.45, 2.75) is 26.7 Å². The maximum atomic E-state index is 10.4. The maximum Gasteiger partial charge on any atom is 0.243 e. The molecule has 0 amide bonds. The van der Waals surface area contributed by atoms with Crippen molar-refractivity contribution in [1.82, 2.24) is 0 Å². The van der Waals surface area contributed by atoms with Gasteiger partial charge in [0.05, 0.1) is 4.92 Å². The van der Waals surface area contributed by atoms with Crippen molar-refractivity contribution < 1.29 is 4.92 Å². The molecule has 0 fully saturated rings. The van der Waals surface area contributed by atoms with E-state index in [0.29, 0.717) is 5.92 Å². The number of nitro groups is 1. The molecule has 3 nitrogen and oxygen atoms in total. The van der Waals surface area contributed by atoms with Gasteiger partial charge in [-0.05, 0) is 17.0 Å². The number of nitrogens with zero attached hydrogens (tertiary/aromatic N) is 1. The van der Waals surface area contributed by atoms with E-state index in [1.165, 1.54) is 12.5 Å². The molecular weight excluding hydrogens is 190 g/mol. The van der Waals surface area contributed by atoms with Crippen molar-refractivity contribution >= 4 is 6.08 Å². The summed E-state index contributed by atoms with van der Waals surface area (Å²) in [6.07, 6.45) is 1.57. The summed E-state index contributed by atoms with van der Waals surface area (Å²) >= 11 is 0. The van der Waals surface area contributed by atoms with E-state index in [9.17, 15) is 10.1 Å². The lowest BCUT2D eigenvalue weighted by Crippen LogP contribution is -1.93. The first-order valence-corrected chi connectivity index (χ1v) is 4.93. The molecule has 0 aromatic heterocycles. The van der Waals surface area contributed by atoms with Crippen molar-refractivity contribution in [2.24, 2.45) is 0 Å². The van der Waals surface area contributed by atoms with Gasteiger partial charge in [-0.2, -0.15) is 0 Å². The molecule has 0 aliphatic heterocycles. The van der Waals surface area contributed by atoms with E-state index >= 15 is 0 Å². The van der Waals surface area contributed by atoms with E-state index in [0.717, 1.165) is 5.56 Å². The Morgan fingerprint density at radius 1 is 1.33 bits per heavy atom. The number of allylic oxidation sites excluding steroid dienone is 1. The first-order chi connectivity index (χ1) is 7.00. The van der Waals surface area contributed by atoms with E-state index in [1.807, 2.05) is 24.3 Å². The predicted molar refractivity (Wildman–Crippen MR) is 61.2 cm³/mol. The molecule has 0 atom stereocenters. The second kappa shape index (κ2) is 4.73. The quantitative estimate of drug-likeness (QED) is 0.560. The minimum Gasteiger partial charge on any atom is -0.259 e. The number of hydrogen-bond acceptors (Lipinski definition) is 2. The second-order valence-electron chi connectivity index (χ2n) is 3.86. The van der Waals surface area contributed by atoms with Gasteiger partial charge in [0.1, 0.15) is 0 Å². The average Bonchev–Trinajstić information content (AvgIpc) is 2.18. The van der Waals surface area contributed by atoms with E-state index in [-0.39, 0.29) is 10.6 Å². The molecule has 0 saturated heterocycles. The van der Waals surface area contributed by atoms with Crippen LogP contribution in [0.15, 0.2) is 30.0 Å². The van der Waals surface area contributed by atoms with E-state index in [4.69, 9.17) is 0 Å². The molecule has 0 bridgehead atoms. The van der Waals surface area contributed by atoms with Crippen LogP contribution in [0.1, 0.15) is 37.8 Å². The molecule has 0 heterocycles. The van der Waals surface area contributed by atoms with Crippen LogP contribution >= 0.6 is 0 Å². The lowest BCUT2D eigenvalue weighted by atomic mass is 10.0. The number of rotatable bonds is 3. The lowest BCUT2D eigenvalue weighted by Gasteiger charge is -2.04. The fraction of sp³-hybridized carbons (Fsp3) is 0.333. The summed E-state index contributed by atoms with van der Waals surface area (Å²) in [5.41, 5.74) is 2.27. The molecule has 0 radical (unpaired) electrons. The molecule has 1 rings (SSSR count). The van der Waals surface area contributed by atoms with Gasteiger partial charge in [-0.3, -0.25) is 10.1 Å². The van der Waals surface area contributed by atoms with Gasteiger partial charge in [-0.25, -0.2) is 0 Å². The predicted octanol–water partition coefficient (Wildman–Crippen LogP) is 3.45. The summed E-state index contributed by atoms with van der Waals surface area (Å²) < 4.78 is 0. The molecule has 80 valence electrons. The van der Waals surface area contributed by atoms with Crippen LogP contribution in [0.5, 0.6) is 0 Å². The fourth-order valence-corrected chi connectivity index (χ4v) is 1.27. The van der Waals surface area contributed by atoms with Gasteiger partial charge >= 0.3 is 0 Å². The van der Waals surface area contributed by atoms with Crippen molar-refractivity contribution in [3.05, 3.63) is 51.2 Å². The Kier molecular flexibility index (Phi) is 3.61. The Labute approximate surface area is 89.6 Å². The van der Waals surface area contributed by atoms with Gasteiger partial charge in [0.2, 0.25) is 5.70 Å². The van der Waals surface area contributed by atoms with Crippen molar-refractivity contribution in [1.29, 1.82) is 0 Å². The summed E-state index contributed by atoms with van der Waals surface area (Å²) in [6, 6.07) is 7.82. The Hall–Kier alpha value is -1.64. The van der Waals surface area contributed by atoms with Crippen LogP contribution in [0.3, 0.4) is 0 Å². The second-order valence-corrected chi connectivity index (χ2v) is 3.86. The van der Waals surface area contributed by atoms with Crippen molar-refractivity contribution in [3.8, 4) is 0 Å². The first-order valence-electron chi connectivity index (χ1n) is 4.93. The zero-order chi connectivity index (χ0) is 11.4. The fourth-order valence-electron chi connectivity index (χ4n) is 1.27. The third kappa shape index (κ3) is 3.20. The van der Waals surface area contributed by atoms with Gasteiger partial charge in [-0.15, -0.1) is 0 Å². The van der Waals surface area contributed by atoms with Crippen LogP contribution in [-0.4, -0.2) is 4.92 Å². The molecule has 0 aliphatic rings. The molecule has 1 aromatic carbocycles. The third-order valence-corrected chi connectivity index (χ3v) is 2.27. The van der Waals surface area contributed by atoms with E-state index < -0.39 is 0 Å². The monoisotopic (exact) mass is 205 g/mol. The first kappa shape index (κ1) is 11.4. The molecule has 15 heavy (non-hydrogen) atoms. The van der Waals surface area contributed by atoms with Gasteiger partial charge in [-0.1, -0.05) is 38.1 Å². The van der Waals surface area contributed by atoms with Crippen LogP contribution < -0.4 is 0 Å². The highest BCUT2D eigenvalue weighted by Gasteiger charge is 2.02. The van der Waals surface area contributed by atoms with Crippen molar-refractivity contribution in [3.63, 3.8) is 0 Å². The van der Waals surface area contributed by atoms with Gasteiger partial charge in [0, 0.05) is 13.0 Å². The minimum atomic E-state index is -0.379. The molecule has 1 aromatic rings. The van der Waals surface area contributed by atoms with Crippen LogP contribution in [0.4, 0.5) is 0 Å². The minimum absolute atomic E-state index is 0.160. The van der Waals surface area contributed by atoms with Crippen LogP contribution in [-0.2, 0) is 0 Å². The zero-order valence-corrected chi connectivity index (χ0v) is 9.23. The van der Waals surface area contributed by atoms with E-state index in [2.05, 4.69) is 13.8 Å². The van der Waals surface area contributed by atoms with Crippen LogP contribution in [0.25, 0.3) is 6.08 Å². The van der Waals surface area contributed by atoms with Crippen LogP contribution in [0, 0.1) is 10.1 Å². The standard InChI is InChI=1S/C12H15NO2/c1-9(2)12-6-4-11(5-7-12)8-10(3)13(14)15/h4-9H,1-3H3/b10-8-. The molecule has 0 N–H and O–H groups in total. The van der Waals surface area contributed by atoms with Gasteiger partial charge < -0.3 is 0 Å². The Bertz CT molecular complexity index is 377. The molecule has 3 heteroatoms. The summed E-state index contributed by atoms with van der Waals surface area (Å²) in [5, 5.41) is 10.4. The largest absolute Gasteiger partial charge is 0.259 e. The molecule has 0 unspecified atom stereocenters. The summed E-state index contributed by atoms with van der Waals surface area (Å²) in [6.45, 7) is 5.73. The SMILES string of the molecule is C/C(=C/c1ccc(C(C)C)cc1)[N+](=O)[O-]. The molecular formula is C12H15NO2. The van der Waals surface area contributed by atoms with E-state index in [1.54, 1.807) is 6.08 Å². The number of benzene rings is 1. The highest BCUT2D eigenvalue weighted by atomic mass is 16.6.